The molecule has 1 aliphatic rings. The lowest BCUT2D eigenvalue weighted by Gasteiger charge is -1.94. The van der Waals surface area contributed by atoms with Crippen LogP contribution >= 0.6 is 11.8 Å². The second kappa shape index (κ2) is 1.85. The lowest BCUT2D eigenvalue weighted by atomic mass is 10.7. The summed E-state index contributed by atoms with van der Waals surface area (Å²) in [5.74, 6) is 1.29. The van der Waals surface area contributed by atoms with E-state index in [1.807, 2.05) is 11.8 Å². The highest BCUT2D eigenvalue weighted by atomic mass is 32.2. The molecule has 1 saturated heterocycles. The smallest absolute Gasteiger partial charge is 0.0504 e. The van der Waals surface area contributed by atoms with Gasteiger partial charge in [0.2, 0.25) is 0 Å². The molecule has 0 aliphatic carbocycles. The van der Waals surface area contributed by atoms with Crippen molar-refractivity contribution in [1.29, 1.82) is 0 Å². The standard InChI is InChI=1S/C4H9NS/c1-4-5-2-3-6-4/h4-5H,2-3H2,1H3/t4-/m0/s1. The minimum atomic E-state index is 0.713. The van der Waals surface area contributed by atoms with Gasteiger partial charge < -0.3 is 5.32 Å². The Kier molecular flexibility index (Phi) is 1.37. The van der Waals surface area contributed by atoms with E-state index in [9.17, 15) is 0 Å². The van der Waals surface area contributed by atoms with Gasteiger partial charge in [-0.15, -0.1) is 11.8 Å². The third-order valence-electron chi connectivity index (χ3n) is 0.902. The topological polar surface area (TPSA) is 12.0 Å². The van der Waals surface area contributed by atoms with Crippen LogP contribution in [0.15, 0.2) is 0 Å². The molecule has 0 bridgehead atoms. The molecule has 1 heterocycles. The summed E-state index contributed by atoms with van der Waals surface area (Å²) in [6, 6.07) is 0. The van der Waals surface area contributed by atoms with Gasteiger partial charge >= 0.3 is 0 Å². The van der Waals surface area contributed by atoms with Crippen LogP contribution in [0.5, 0.6) is 0 Å². The maximum absolute atomic E-state index is 3.28. The fourth-order valence-electron chi connectivity index (χ4n) is 0.557. The Bertz CT molecular complexity index is 40.8. The summed E-state index contributed by atoms with van der Waals surface area (Å²) < 4.78 is 0. The van der Waals surface area contributed by atoms with E-state index in [1.54, 1.807) is 0 Å². The van der Waals surface area contributed by atoms with Gasteiger partial charge in [-0.3, -0.25) is 0 Å². The fraction of sp³-hybridized carbons (Fsp3) is 1.00. The van der Waals surface area contributed by atoms with E-state index in [2.05, 4.69) is 12.2 Å². The van der Waals surface area contributed by atoms with E-state index in [1.165, 1.54) is 12.3 Å². The van der Waals surface area contributed by atoms with E-state index < -0.39 is 0 Å². The van der Waals surface area contributed by atoms with Crippen molar-refractivity contribution in [2.45, 2.75) is 12.3 Å². The number of hydrogen-bond acceptors (Lipinski definition) is 2. The fourth-order valence-corrected chi connectivity index (χ4v) is 1.38. The lowest BCUT2D eigenvalue weighted by Crippen LogP contribution is -2.14. The first-order chi connectivity index (χ1) is 2.89. The van der Waals surface area contributed by atoms with Crippen molar-refractivity contribution in [3.63, 3.8) is 0 Å². The second-order valence-corrected chi connectivity index (χ2v) is 2.92. The van der Waals surface area contributed by atoms with Gasteiger partial charge in [0.1, 0.15) is 0 Å². The molecule has 0 radical (unpaired) electrons. The van der Waals surface area contributed by atoms with Crippen molar-refractivity contribution >= 4 is 11.8 Å². The normalized spacial score (nSPS) is 34.5. The van der Waals surface area contributed by atoms with Gasteiger partial charge in [-0.25, -0.2) is 0 Å². The molecule has 0 saturated carbocycles. The molecule has 1 fully saturated rings. The molecule has 1 atom stereocenters. The predicted molar refractivity (Wildman–Crippen MR) is 29.9 cm³/mol. The molecule has 2 heteroatoms. The number of hydrogen-bond donors (Lipinski definition) is 1. The van der Waals surface area contributed by atoms with E-state index in [-0.39, 0.29) is 0 Å². The van der Waals surface area contributed by atoms with Crippen molar-refractivity contribution in [1.82, 2.24) is 5.32 Å². The van der Waals surface area contributed by atoms with Crippen molar-refractivity contribution in [3.8, 4) is 0 Å². The third kappa shape index (κ3) is 0.884. The summed E-state index contributed by atoms with van der Waals surface area (Å²) in [5.41, 5.74) is 0. The van der Waals surface area contributed by atoms with Crippen molar-refractivity contribution in [2.75, 3.05) is 12.3 Å². The largest absolute Gasteiger partial charge is 0.305 e. The first-order valence-corrected chi connectivity index (χ1v) is 3.29. The van der Waals surface area contributed by atoms with Crippen LogP contribution in [0.3, 0.4) is 0 Å². The summed E-state index contributed by atoms with van der Waals surface area (Å²) >= 11 is 1.99. The average molecular weight is 103 g/mol. The van der Waals surface area contributed by atoms with E-state index in [4.69, 9.17) is 0 Å². The quantitative estimate of drug-likeness (QED) is 0.483. The van der Waals surface area contributed by atoms with Gasteiger partial charge in [-0.2, -0.15) is 0 Å². The van der Waals surface area contributed by atoms with Crippen molar-refractivity contribution < 1.29 is 0 Å². The Morgan fingerprint density at radius 3 is 2.83 bits per heavy atom. The Labute approximate surface area is 42.5 Å². The summed E-state index contributed by atoms with van der Waals surface area (Å²) in [6.45, 7) is 3.39. The highest BCUT2D eigenvalue weighted by Gasteiger charge is 2.05. The highest BCUT2D eigenvalue weighted by molar-refractivity contribution is 8.00. The first-order valence-electron chi connectivity index (χ1n) is 2.24. The molecule has 1 rings (SSSR count). The van der Waals surface area contributed by atoms with Crippen LogP contribution in [0.1, 0.15) is 6.92 Å². The zero-order valence-electron chi connectivity index (χ0n) is 3.90. The van der Waals surface area contributed by atoms with E-state index in [0.29, 0.717) is 5.37 Å². The van der Waals surface area contributed by atoms with Gasteiger partial charge in [0.05, 0.1) is 5.37 Å². The van der Waals surface area contributed by atoms with Crippen LogP contribution in [-0.4, -0.2) is 17.7 Å². The van der Waals surface area contributed by atoms with Gasteiger partial charge in [-0.1, -0.05) is 0 Å². The maximum atomic E-state index is 3.28. The van der Waals surface area contributed by atoms with Gasteiger partial charge in [-0.05, 0) is 6.92 Å². The molecule has 1 aliphatic heterocycles. The molecule has 36 valence electrons. The summed E-state index contributed by atoms with van der Waals surface area (Å²) in [6.07, 6.45) is 0. The average Bonchev–Trinajstić information content (AvgIpc) is 1.86. The molecule has 0 amide bonds. The van der Waals surface area contributed by atoms with Crippen LogP contribution in [0, 0.1) is 0 Å². The van der Waals surface area contributed by atoms with Crippen LogP contribution in [-0.2, 0) is 0 Å². The van der Waals surface area contributed by atoms with Gasteiger partial charge in [0.15, 0.2) is 0 Å². The zero-order valence-corrected chi connectivity index (χ0v) is 4.72. The maximum Gasteiger partial charge on any atom is 0.0504 e. The molecule has 0 spiro atoms. The zero-order chi connectivity index (χ0) is 4.41. The Hall–Kier alpha value is 0.310. The molecule has 1 N–H and O–H groups in total. The summed E-state index contributed by atoms with van der Waals surface area (Å²) in [5, 5.41) is 4.00. The Balaban J connectivity index is 2.18. The van der Waals surface area contributed by atoms with Gasteiger partial charge in [0, 0.05) is 12.3 Å². The lowest BCUT2D eigenvalue weighted by molar-refractivity contribution is 0.761. The van der Waals surface area contributed by atoms with Gasteiger partial charge in [0.25, 0.3) is 0 Å². The van der Waals surface area contributed by atoms with E-state index >= 15 is 0 Å². The Morgan fingerprint density at radius 2 is 2.67 bits per heavy atom. The van der Waals surface area contributed by atoms with E-state index in [0.717, 1.165) is 0 Å². The minimum Gasteiger partial charge on any atom is -0.305 e. The minimum absolute atomic E-state index is 0.713. The second-order valence-electron chi connectivity index (χ2n) is 1.47. The molecule has 0 aromatic heterocycles. The molecule has 6 heavy (non-hydrogen) atoms. The number of rotatable bonds is 0. The molecular weight excluding hydrogens is 94.1 g/mol. The first kappa shape index (κ1) is 4.47. The van der Waals surface area contributed by atoms with Crippen LogP contribution < -0.4 is 5.32 Å². The Morgan fingerprint density at radius 1 is 1.83 bits per heavy atom. The van der Waals surface area contributed by atoms with Crippen molar-refractivity contribution in [2.24, 2.45) is 0 Å². The summed E-state index contributed by atoms with van der Waals surface area (Å²) in [7, 11) is 0. The molecule has 0 aromatic rings. The highest BCUT2D eigenvalue weighted by Crippen LogP contribution is 2.10. The predicted octanol–water partition coefficient (Wildman–Crippen LogP) is 0.669. The summed E-state index contributed by atoms with van der Waals surface area (Å²) in [4.78, 5) is 0. The molecule has 0 unspecified atom stereocenters. The molecular formula is C4H9NS. The number of nitrogens with one attached hydrogen (secondary N) is 1. The van der Waals surface area contributed by atoms with Crippen molar-refractivity contribution in [3.05, 3.63) is 0 Å². The monoisotopic (exact) mass is 103 g/mol. The third-order valence-corrected chi connectivity index (χ3v) is 2.01. The van der Waals surface area contributed by atoms with Crippen LogP contribution in [0.25, 0.3) is 0 Å². The SMILES string of the molecule is C[C@H]1NCCS1. The van der Waals surface area contributed by atoms with Crippen LogP contribution in [0.2, 0.25) is 0 Å². The number of thioether (sulfide) groups is 1. The van der Waals surface area contributed by atoms with Crippen LogP contribution in [0.4, 0.5) is 0 Å². The molecule has 0 aromatic carbocycles. The molecule has 1 nitrogen and oxygen atoms in total.